The molecule has 26 heavy (non-hydrogen) atoms. The Morgan fingerprint density at radius 2 is 2.04 bits per heavy atom. The second-order valence-electron chi connectivity index (χ2n) is 6.23. The second kappa shape index (κ2) is 8.03. The SMILES string of the molecule is C.N#Cc1nc(Cc2cccc3ccccc23)oc1NC[C@H]1CCCO1. The van der Waals surface area contributed by atoms with Gasteiger partial charge in [-0.25, -0.2) is 4.98 Å². The summed E-state index contributed by atoms with van der Waals surface area (Å²) in [7, 11) is 0. The second-order valence-corrected chi connectivity index (χ2v) is 6.23. The highest BCUT2D eigenvalue weighted by Gasteiger charge is 2.18. The van der Waals surface area contributed by atoms with E-state index in [1.807, 2.05) is 18.2 Å². The summed E-state index contributed by atoms with van der Waals surface area (Å²) in [6, 6.07) is 16.5. The maximum atomic E-state index is 9.32. The zero-order valence-electron chi connectivity index (χ0n) is 13.9. The molecule has 1 aliphatic heterocycles. The molecular formula is C21H23N3O2. The van der Waals surface area contributed by atoms with Crippen LogP contribution < -0.4 is 5.32 Å². The summed E-state index contributed by atoms with van der Waals surface area (Å²) >= 11 is 0. The van der Waals surface area contributed by atoms with E-state index in [1.54, 1.807) is 0 Å². The minimum Gasteiger partial charge on any atom is -0.423 e. The van der Waals surface area contributed by atoms with Gasteiger partial charge in [0.2, 0.25) is 17.5 Å². The summed E-state index contributed by atoms with van der Waals surface area (Å²) in [4.78, 5) is 4.34. The molecule has 5 nitrogen and oxygen atoms in total. The Hall–Kier alpha value is -2.84. The molecule has 1 fully saturated rings. The Bertz CT molecular complexity index is 915. The molecule has 0 bridgehead atoms. The average Bonchev–Trinajstić information content (AvgIpc) is 3.29. The van der Waals surface area contributed by atoms with E-state index in [2.05, 4.69) is 40.6 Å². The monoisotopic (exact) mass is 349 g/mol. The molecule has 1 N–H and O–H groups in total. The normalized spacial score (nSPS) is 16.2. The lowest BCUT2D eigenvalue weighted by Gasteiger charge is -2.09. The molecule has 0 amide bonds. The van der Waals surface area contributed by atoms with Gasteiger partial charge in [0.25, 0.3) is 0 Å². The number of anilines is 1. The zero-order chi connectivity index (χ0) is 17.1. The van der Waals surface area contributed by atoms with E-state index in [4.69, 9.17) is 9.15 Å². The number of nitrogens with one attached hydrogen (secondary N) is 1. The number of oxazole rings is 1. The molecular weight excluding hydrogens is 326 g/mol. The number of nitriles is 1. The summed E-state index contributed by atoms with van der Waals surface area (Å²) in [5.41, 5.74) is 1.43. The molecule has 1 aliphatic rings. The van der Waals surface area contributed by atoms with Crippen LogP contribution in [0.4, 0.5) is 5.88 Å². The Labute approximate surface area is 153 Å². The van der Waals surface area contributed by atoms with Crippen molar-refractivity contribution in [2.45, 2.75) is 32.8 Å². The number of ether oxygens (including phenoxy) is 1. The van der Waals surface area contributed by atoms with Gasteiger partial charge in [-0.3, -0.25) is 0 Å². The number of nitrogens with zero attached hydrogens (tertiary/aromatic N) is 2. The van der Waals surface area contributed by atoms with Crippen LogP contribution in [-0.2, 0) is 11.2 Å². The van der Waals surface area contributed by atoms with Crippen molar-refractivity contribution >= 4 is 16.7 Å². The van der Waals surface area contributed by atoms with Gasteiger partial charge in [-0.2, -0.15) is 5.26 Å². The lowest BCUT2D eigenvalue weighted by atomic mass is 10.0. The van der Waals surface area contributed by atoms with Crippen LogP contribution in [0, 0.1) is 11.3 Å². The average molecular weight is 349 g/mol. The largest absolute Gasteiger partial charge is 0.423 e. The number of fused-ring (bicyclic) bond motifs is 1. The van der Waals surface area contributed by atoms with Crippen LogP contribution in [0.15, 0.2) is 46.9 Å². The number of aromatic nitrogens is 1. The highest BCUT2D eigenvalue weighted by atomic mass is 16.5. The van der Waals surface area contributed by atoms with E-state index >= 15 is 0 Å². The van der Waals surface area contributed by atoms with Crippen LogP contribution in [0.5, 0.6) is 0 Å². The van der Waals surface area contributed by atoms with Gasteiger partial charge in [0, 0.05) is 13.2 Å². The topological polar surface area (TPSA) is 71.1 Å². The van der Waals surface area contributed by atoms with E-state index in [1.165, 1.54) is 10.8 Å². The van der Waals surface area contributed by atoms with Crippen molar-refractivity contribution in [1.82, 2.24) is 4.98 Å². The Morgan fingerprint density at radius 1 is 1.19 bits per heavy atom. The number of benzene rings is 2. The summed E-state index contributed by atoms with van der Waals surface area (Å²) < 4.78 is 11.4. The number of rotatable bonds is 5. The highest BCUT2D eigenvalue weighted by molar-refractivity contribution is 5.85. The standard InChI is InChI=1S/C20H19N3O2.CH4/c21-12-18-20(22-13-16-8-4-10-24-16)25-19(23-18)11-15-7-3-6-14-5-1-2-9-17(14)15;/h1-3,5-7,9,16,22H,4,8,10-11,13H2;1H4/t16-;/m1./s1. The Morgan fingerprint density at radius 3 is 2.85 bits per heavy atom. The van der Waals surface area contributed by atoms with Crippen molar-refractivity contribution < 1.29 is 9.15 Å². The number of hydrogen-bond donors (Lipinski definition) is 1. The Kier molecular flexibility index (Phi) is 5.55. The first kappa shape index (κ1) is 18.0. The minimum atomic E-state index is 0. The van der Waals surface area contributed by atoms with E-state index in [-0.39, 0.29) is 13.5 Å². The summed E-state index contributed by atoms with van der Waals surface area (Å²) in [6.45, 7) is 1.44. The quantitative estimate of drug-likeness (QED) is 0.733. The predicted molar refractivity (Wildman–Crippen MR) is 102 cm³/mol. The predicted octanol–water partition coefficient (Wildman–Crippen LogP) is 4.52. The fourth-order valence-electron chi connectivity index (χ4n) is 3.26. The summed E-state index contributed by atoms with van der Waals surface area (Å²) in [6.07, 6.45) is 2.85. The maximum absolute atomic E-state index is 9.32. The van der Waals surface area contributed by atoms with Gasteiger partial charge in [0.1, 0.15) is 6.07 Å². The van der Waals surface area contributed by atoms with Crippen molar-refractivity contribution in [2.75, 3.05) is 18.5 Å². The lowest BCUT2D eigenvalue weighted by Crippen LogP contribution is -2.18. The maximum Gasteiger partial charge on any atom is 0.232 e. The molecule has 1 atom stereocenters. The molecule has 0 unspecified atom stereocenters. The molecule has 134 valence electrons. The first-order valence-electron chi connectivity index (χ1n) is 8.55. The van der Waals surface area contributed by atoms with Crippen molar-refractivity contribution in [1.29, 1.82) is 5.26 Å². The molecule has 0 saturated carbocycles. The van der Waals surface area contributed by atoms with Crippen molar-refractivity contribution in [3.8, 4) is 6.07 Å². The van der Waals surface area contributed by atoms with E-state index in [9.17, 15) is 5.26 Å². The van der Waals surface area contributed by atoms with E-state index in [0.29, 0.717) is 30.4 Å². The Balaban J connectivity index is 0.00000196. The molecule has 2 aromatic carbocycles. The van der Waals surface area contributed by atoms with Gasteiger partial charge >= 0.3 is 0 Å². The van der Waals surface area contributed by atoms with Crippen molar-refractivity contribution in [3.63, 3.8) is 0 Å². The molecule has 0 radical (unpaired) electrons. The van der Waals surface area contributed by atoms with Gasteiger partial charge in [-0.15, -0.1) is 0 Å². The summed E-state index contributed by atoms with van der Waals surface area (Å²) in [5.74, 6) is 0.982. The highest BCUT2D eigenvalue weighted by Crippen LogP contribution is 2.24. The van der Waals surface area contributed by atoms with Crippen molar-refractivity contribution in [3.05, 3.63) is 59.6 Å². The molecule has 4 rings (SSSR count). The minimum absolute atomic E-state index is 0. The molecule has 5 heteroatoms. The van der Waals surface area contributed by atoms with Crippen LogP contribution in [0.1, 0.15) is 37.4 Å². The van der Waals surface area contributed by atoms with Crippen LogP contribution in [0.3, 0.4) is 0 Å². The lowest BCUT2D eigenvalue weighted by molar-refractivity contribution is 0.120. The van der Waals surface area contributed by atoms with Gasteiger partial charge in [-0.05, 0) is 29.2 Å². The fourth-order valence-corrected chi connectivity index (χ4v) is 3.26. The zero-order valence-corrected chi connectivity index (χ0v) is 13.9. The molecule has 0 spiro atoms. The molecule has 1 aromatic heterocycles. The molecule has 3 aromatic rings. The van der Waals surface area contributed by atoms with Crippen LogP contribution in [-0.4, -0.2) is 24.2 Å². The fraction of sp³-hybridized carbons (Fsp3) is 0.333. The third-order valence-corrected chi connectivity index (χ3v) is 4.51. The summed E-state index contributed by atoms with van der Waals surface area (Å²) in [5, 5.41) is 14.9. The van der Waals surface area contributed by atoms with Crippen molar-refractivity contribution in [2.24, 2.45) is 0 Å². The van der Waals surface area contributed by atoms with Gasteiger partial charge in [-0.1, -0.05) is 49.9 Å². The van der Waals surface area contributed by atoms with Crippen LogP contribution >= 0.6 is 0 Å². The molecule has 1 saturated heterocycles. The third kappa shape index (κ3) is 3.71. The van der Waals surface area contributed by atoms with Crippen LogP contribution in [0.2, 0.25) is 0 Å². The first-order chi connectivity index (χ1) is 12.3. The van der Waals surface area contributed by atoms with E-state index in [0.717, 1.165) is 25.0 Å². The first-order valence-corrected chi connectivity index (χ1v) is 8.55. The molecule has 2 heterocycles. The van der Waals surface area contributed by atoms with Gasteiger partial charge < -0.3 is 14.5 Å². The van der Waals surface area contributed by atoms with Gasteiger partial charge in [0.15, 0.2) is 0 Å². The van der Waals surface area contributed by atoms with Crippen LogP contribution in [0.25, 0.3) is 10.8 Å². The third-order valence-electron chi connectivity index (χ3n) is 4.51. The number of hydrogen-bond acceptors (Lipinski definition) is 5. The van der Waals surface area contributed by atoms with Gasteiger partial charge in [0.05, 0.1) is 12.5 Å². The smallest absolute Gasteiger partial charge is 0.232 e. The molecule has 0 aliphatic carbocycles. The van der Waals surface area contributed by atoms with E-state index < -0.39 is 0 Å².